The van der Waals surface area contributed by atoms with Gasteiger partial charge >= 0.3 is 0 Å². The highest BCUT2D eigenvalue weighted by Crippen LogP contribution is 2.25. The number of allylic oxidation sites excluding steroid dienone is 1. The molecule has 0 aliphatic heterocycles. The van der Waals surface area contributed by atoms with Gasteiger partial charge in [0.25, 0.3) is 5.78 Å². The Labute approximate surface area is 100 Å². The van der Waals surface area contributed by atoms with Gasteiger partial charge in [0.15, 0.2) is 0 Å². The van der Waals surface area contributed by atoms with Gasteiger partial charge in [-0.15, -0.1) is 0 Å². The van der Waals surface area contributed by atoms with Crippen molar-refractivity contribution in [1.29, 1.82) is 0 Å². The maximum Gasteiger partial charge on any atom is 0.252 e. The molecule has 1 aliphatic rings. The number of hydrogen-bond acceptors (Lipinski definition) is 3. The van der Waals surface area contributed by atoms with Crippen molar-refractivity contribution >= 4 is 11.9 Å². The minimum atomic E-state index is 0.653. The predicted molar refractivity (Wildman–Crippen MR) is 66.4 cm³/mol. The van der Waals surface area contributed by atoms with Crippen LogP contribution in [0.3, 0.4) is 0 Å². The normalized spacial score (nSPS) is 18.1. The lowest BCUT2D eigenvalue weighted by Crippen LogP contribution is -2.02. The molecule has 0 radical (unpaired) electrons. The first-order chi connectivity index (χ1) is 8.42. The summed E-state index contributed by atoms with van der Waals surface area (Å²) in [6, 6.07) is 0. The van der Waals surface area contributed by atoms with Gasteiger partial charge in [-0.2, -0.15) is 10.1 Å². The quantitative estimate of drug-likeness (QED) is 0.793. The molecule has 0 atom stereocenters. The third-order valence-corrected chi connectivity index (χ3v) is 3.37. The SMILES string of the molecule is C(=C\C1CCCCC1)/c1cnc2ncnn2c1. The molecule has 0 aromatic carbocycles. The van der Waals surface area contributed by atoms with E-state index >= 15 is 0 Å². The molecule has 0 unspecified atom stereocenters. The van der Waals surface area contributed by atoms with Crippen molar-refractivity contribution in [2.24, 2.45) is 5.92 Å². The van der Waals surface area contributed by atoms with E-state index in [-0.39, 0.29) is 0 Å². The largest absolute Gasteiger partial charge is 0.252 e. The number of aromatic nitrogens is 4. The minimum absolute atomic E-state index is 0.653. The Hall–Kier alpha value is -1.71. The average Bonchev–Trinajstić information content (AvgIpc) is 2.85. The summed E-state index contributed by atoms with van der Waals surface area (Å²) in [5.41, 5.74) is 1.09. The third-order valence-electron chi connectivity index (χ3n) is 3.37. The van der Waals surface area contributed by atoms with Gasteiger partial charge in [0.2, 0.25) is 0 Å². The molecule has 88 valence electrons. The van der Waals surface area contributed by atoms with Gasteiger partial charge in [-0.3, -0.25) is 0 Å². The Kier molecular flexibility index (Phi) is 2.86. The summed E-state index contributed by atoms with van der Waals surface area (Å²) < 4.78 is 1.71. The summed E-state index contributed by atoms with van der Waals surface area (Å²) in [6.07, 6.45) is 16.6. The molecule has 0 saturated heterocycles. The van der Waals surface area contributed by atoms with Crippen LogP contribution in [-0.2, 0) is 0 Å². The van der Waals surface area contributed by atoms with Crippen LogP contribution >= 0.6 is 0 Å². The molecule has 0 amide bonds. The zero-order valence-electron chi connectivity index (χ0n) is 9.79. The summed E-state index contributed by atoms with van der Waals surface area (Å²) in [6.45, 7) is 0. The molecule has 1 saturated carbocycles. The molecule has 2 aromatic heterocycles. The van der Waals surface area contributed by atoms with Gasteiger partial charge in [0.1, 0.15) is 6.33 Å². The van der Waals surface area contributed by atoms with E-state index in [0.717, 1.165) is 11.5 Å². The first-order valence-corrected chi connectivity index (χ1v) is 6.25. The van der Waals surface area contributed by atoms with Crippen molar-refractivity contribution in [3.8, 4) is 0 Å². The molecule has 0 N–H and O–H groups in total. The molecule has 1 aliphatic carbocycles. The van der Waals surface area contributed by atoms with Crippen LogP contribution in [0, 0.1) is 5.92 Å². The summed E-state index contributed by atoms with van der Waals surface area (Å²) in [5, 5.41) is 4.08. The molecular weight excluding hydrogens is 212 g/mol. The average molecular weight is 228 g/mol. The second-order valence-electron chi connectivity index (χ2n) is 4.65. The van der Waals surface area contributed by atoms with E-state index in [0.29, 0.717) is 5.78 Å². The summed E-state index contributed by atoms with van der Waals surface area (Å²) in [5.74, 6) is 1.40. The van der Waals surface area contributed by atoms with E-state index in [1.807, 2.05) is 12.4 Å². The molecule has 3 rings (SSSR count). The molecule has 1 fully saturated rings. The van der Waals surface area contributed by atoms with Crippen molar-refractivity contribution in [3.05, 3.63) is 30.4 Å². The summed E-state index contributed by atoms with van der Waals surface area (Å²) in [7, 11) is 0. The lowest BCUT2D eigenvalue weighted by Gasteiger charge is -2.17. The fourth-order valence-electron chi connectivity index (χ4n) is 2.39. The summed E-state index contributed by atoms with van der Waals surface area (Å²) >= 11 is 0. The van der Waals surface area contributed by atoms with Crippen LogP contribution in [0.15, 0.2) is 24.8 Å². The van der Waals surface area contributed by atoms with Crippen molar-refractivity contribution in [3.63, 3.8) is 0 Å². The lowest BCUT2D eigenvalue weighted by molar-refractivity contribution is 0.420. The zero-order valence-corrected chi connectivity index (χ0v) is 9.79. The fraction of sp³-hybridized carbons (Fsp3) is 0.462. The number of nitrogens with zero attached hydrogens (tertiary/aromatic N) is 4. The molecule has 17 heavy (non-hydrogen) atoms. The molecular formula is C13H16N4. The monoisotopic (exact) mass is 228 g/mol. The molecule has 4 heteroatoms. The van der Waals surface area contributed by atoms with E-state index in [1.54, 1.807) is 4.52 Å². The maximum absolute atomic E-state index is 4.24. The van der Waals surface area contributed by atoms with E-state index in [9.17, 15) is 0 Å². The minimum Gasteiger partial charge on any atom is -0.219 e. The molecule has 2 aromatic rings. The van der Waals surface area contributed by atoms with Crippen LogP contribution in [0.25, 0.3) is 11.9 Å². The molecule has 0 bridgehead atoms. The van der Waals surface area contributed by atoms with Crippen molar-refractivity contribution in [2.75, 3.05) is 0 Å². The van der Waals surface area contributed by atoms with E-state index in [4.69, 9.17) is 0 Å². The maximum atomic E-state index is 4.24. The second kappa shape index (κ2) is 4.65. The molecule has 4 nitrogen and oxygen atoms in total. The molecule has 2 heterocycles. The third kappa shape index (κ3) is 2.35. The Morgan fingerprint density at radius 1 is 1.18 bits per heavy atom. The Morgan fingerprint density at radius 2 is 2.06 bits per heavy atom. The smallest absolute Gasteiger partial charge is 0.219 e. The summed E-state index contributed by atoms with van der Waals surface area (Å²) in [4.78, 5) is 8.27. The van der Waals surface area contributed by atoms with Gasteiger partial charge in [0.05, 0.1) is 0 Å². The fourth-order valence-corrected chi connectivity index (χ4v) is 2.39. The Balaban J connectivity index is 1.76. The van der Waals surface area contributed by atoms with Crippen LogP contribution in [-0.4, -0.2) is 19.6 Å². The molecule has 0 spiro atoms. The Morgan fingerprint density at radius 3 is 2.94 bits per heavy atom. The Bertz CT molecular complexity index is 523. The number of fused-ring (bicyclic) bond motifs is 1. The van der Waals surface area contributed by atoms with Gasteiger partial charge < -0.3 is 0 Å². The van der Waals surface area contributed by atoms with Crippen molar-refractivity contribution < 1.29 is 0 Å². The van der Waals surface area contributed by atoms with E-state index < -0.39 is 0 Å². The van der Waals surface area contributed by atoms with Crippen molar-refractivity contribution in [2.45, 2.75) is 32.1 Å². The van der Waals surface area contributed by atoms with Crippen LogP contribution in [0.4, 0.5) is 0 Å². The standard InChI is InChI=1S/C13H16N4/c1-2-4-11(5-3-1)6-7-12-8-14-13-15-10-16-17(13)9-12/h6-11H,1-5H2/b7-6+. The zero-order chi connectivity index (χ0) is 11.5. The predicted octanol–water partition coefficient (Wildman–Crippen LogP) is 2.72. The number of rotatable bonds is 2. The van der Waals surface area contributed by atoms with Gasteiger partial charge in [-0.1, -0.05) is 31.4 Å². The topological polar surface area (TPSA) is 43.1 Å². The van der Waals surface area contributed by atoms with Gasteiger partial charge in [-0.25, -0.2) is 9.50 Å². The highest BCUT2D eigenvalue weighted by Gasteiger charge is 2.09. The van der Waals surface area contributed by atoms with Crippen molar-refractivity contribution in [1.82, 2.24) is 19.6 Å². The highest BCUT2D eigenvalue weighted by atomic mass is 15.3. The first kappa shape index (κ1) is 10.4. The van der Waals surface area contributed by atoms with Gasteiger partial charge in [-0.05, 0) is 18.8 Å². The highest BCUT2D eigenvalue weighted by molar-refractivity contribution is 5.48. The van der Waals surface area contributed by atoms with Crippen LogP contribution in [0.2, 0.25) is 0 Å². The second-order valence-corrected chi connectivity index (χ2v) is 4.65. The first-order valence-electron chi connectivity index (χ1n) is 6.25. The van der Waals surface area contributed by atoms with Crippen LogP contribution < -0.4 is 0 Å². The van der Waals surface area contributed by atoms with Crippen LogP contribution in [0.1, 0.15) is 37.7 Å². The lowest BCUT2D eigenvalue weighted by atomic mass is 9.89. The van der Waals surface area contributed by atoms with E-state index in [1.165, 1.54) is 38.4 Å². The van der Waals surface area contributed by atoms with Crippen LogP contribution in [0.5, 0.6) is 0 Å². The number of hydrogen-bond donors (Lipinski definition) is 0. The van der Waals surface area contributed by atoms with E-state index in [2.05, 4.69) is 27.2 Å². The van der Waals surface area contributed by atoms with Gasteiger partial charge in [0, 0.05) is 18.0 Å².